The van der Waals surface area contributed by atoms with Crippen LogP contribution in [-0.4, -0.2) is 55.4 Å². The highest BCUT2D eigenvalue weighted by Gasteiger charge is 2.42. The fourth-order valence-corrected chi connectivity index (χ4v) is 4.65. The van der Waals surface area contributed by atoms with Gasteiger partial charge in [-0.2, -0.15) is 0 Å². The molecular weight excluding hydrogens is 432 g/mol. The van der Waals surface area contributed by atoms with Crippen LogP contribution in [0.3, 0.4) is 0 Å². The maximum atomic E-state index is 11.5. The monoisotopic (exact) mass is 460 g/mol. The number of carbonyl (C=O) groups excluding carboxylic acids is 1. The normalized spacial score (nSPS) is 18.2. The van der Waals surface area contributed by atoms with Crippen LogP contribution in [0.15, 0.2) is 36.4 Å². The van der Waals surface area contributed by atoms with Crippen LogP contribution in [0.2, 0.25) is 5.02 Å². The van der Waals surface area contributed by atoms with E-state index < -0.39 is 6.10 Å². The van der Waals surface area contributed by atoms with Crippen molar-refractivity contribution in [1.29, 1.82) is 0 Å². The predicted molar refractivity (Wildman–Crippen MR) is 122 cm³/mol. The van der Waals surface area contributed by atoms with Crippen molar-refractivity contribution in [2.45, 2.75) is 38.1 Å². The summed E-state index contributed by atoms with van der Waals surface area (Å²) in [5.74, 6) is 0.880. The molecule has 2 aromatic rings. The number of carbonyl (C=O) groups is 1. The van der Waals surface area contributed by atoms with Crippen LogP contribution >= 0.6 is 11.6 Å². The number of aliphatic hydroxyl groups is 1. The van der Waals surface area contributed by atoms with Crippen molar-refractivity contribution < 1.29 is 24.1 Å². The van der Waals surface area contributed by atoms with Crippen LogP contribution in [-0.2, 0) is 21.7 Å². The fraction of sp³-hybridized carbons (Fsp3) is 0.458. The SMILES string of the molecule is COc1ccc(NC(C)=O)c(OC[C@@H](O)CN2CCC3(CC2)OCc2ccc(Cl)cc23)c1. The van der Waals surface area contributed by atoms with E-state index in [0.717, 1.165) is 31.0 Å². The maximum absolute atomic E-state index is 11.5. The Bertz CT molecular complexity index is 975. The summed E-state index contributed by atoms with van der Waals surface area (Å²) in [4.78, 5) is 13.7. The van der Waals surface area contributed by atoms with E-state index in [2.05, 4.69) is 10.2 Å². The molecule has 0 saturated carbocycles. The highest BCUT2D eigenvalue weighted by atomic mass is 35.5. The highest BCUT2D eigenvalue weighted by Crippen LogP contribution is 2.45. The molecule has 1 spiro atoms. The van der Waals surface area contributed by atoms with Gasteiger partial charge in [0.1, 0.15) is 24.2 Å². The van der Waals surface area contributed by atoms with Crippen molar-refractivity contribution in [3.05, 3.63) is 52.5 Å². The average Bonchev–Trinajstić information content (AvgIpc) is 3.11. The van der Waals surface area contributed by atoms with Gasteiger partial charge in [-0.25, -0.2) is 0 Å². The molecule has 2 aliphatic rings. The Kier molecular flexibility index (Phi) is 6.90. The van der Waals surface area contributed by atoms with Gasteiger partial charge in [-0.1, -0.05) is 17.7 Å². The molecule has 0 unspecified atom stereocenters. The molecule has 1 atom stereocenters. The van der Waals surface area contributed by atoms with Gasteiger partial charge in [0.15, 0.2) is 0 Å². The zero-order valence-electron chi connectivity index (χ0n) is 18.4. The third-order valence-corrected chi connectivity index (χ3v) is 6.37. The Morgan fingerprint density at radius 2 is 2.06 bits per heavy atom. The molecular formula is C24H29ClN2O5. The number of hydrogen-bond acceptors (Lipinski definition) is 6. The van der Waals surface area contributed by atoms with Crippen molar-refractivity contribution >= 4 is 23.2 Å². The van der Waals surface area contributed by atoms with E-state index in [0.29, 0.717) is 30.3 Å². The van der Waals surface area contributed by atoms with Crippen LogP contribution < -0.4 is 14.8 Å². The molecule has 8 heteroatoms. The number of piperidine rings is 1. The molecule has 0 aromatic heterocycles. The summed E-state index contributed by atoms with van der Waals surface area (Å²) in [5.41, 5.74) is 2.69. The minimum Gasteiger partial charge on any atom is -0.497 e. The quantitative estimate of drug-likeness (QED) is 0.657. The number of hydrogen-bond donors (Lipinski definition) is 2. The molecule has 0 aliphatic carbocycles. The lowest BCUT2D eigenvalue weighted by atomic mass is 9.84. The van der Waals surface area contributed by atoms with Gasteiger partial charge in [0, 0.05) is 37.6 Å². The first-order valence-electron chi connectivity index (χ1n) is 10.8. The molecule has 2 heterocycles. The first kappa shape index (κ1) is 22.9. The van der Waals surface area contributed by atoms with E-state index in [1.807, 2.05) is 18.2 Å². The van der Waals surface area contributed by atoms with Crippen molar-refractivity contribution in [2.24, 2.45) is 0 Å². The van der Waals surface area contributed by atoms with E-state index in [-0.39, 0.29) is 18.1 Å². The number of nitrogens with one attached hydrogen (secondary N) is 1. The summed E-state index contributed by atoms with van der Waals surface area (Å²) in [5, 5.41) is 14.0. The average molecular weight is 461 g/mol. The molecule has 4 rings (SSSR count). The maximum Gasteiger partial charge on any atom is 0.221 e. The second-order valence-corrected chi connectivity index (χ2v) is 8.83. The van der Waals surface area contributed by atoms with E-state index in [1.165, 1.54) is 18.1 Å². The van der Waals surface area contributed by atoms with Gasteiger partial charge in [0.25, 0.3) is 0 Å². The number of ether oxygens (including phenoxy) is 3. The number of aliphatic hydroxyl groups excluding tert-OH is 1. The minimum atomic E-state index is -0.674. The van der Waals surface area contributed by atoms with E-state index in [4.69, 9.17) is 25.8 Å². The van der Waals surface area contributed by atoms with E-state index >= 15 is 0 Å². The largest absolute Gasteiger partial charge is 0.497 e. The smallest absolute Gasteiger partial charge is 0.221 e. The van der Waals surface area contributed by atoms with Crippen molar-refractivity contribution in [1.82, 2.24) is 4.90 Å². The lowest BCUT2D eigenvalue weighted by Gasteiger charge is -2.39. The highest BCUT2D eigenvalue weighted by molar-refractivity contribution is 6.30. The summed E-state index contributed by atoms with van der Waals surface area (Å²) in [7, 11) is 1.57. The molecule has 1 saturated heterocycles. The number of amides is 1. The minimum absolute atomic E-state index is 0.107. The van der Waals surface area contributed by atoms with Crippen LogP contribution in [0, 0.1) is 0 Å². The second kappa shape index (κ2) is 9.67. The number of fused-ring (bicyclic) bond motifs is 2. The van der Waals surface area contributed by atoms with E-state index in [9.17, 15) is 9.90 Å². The molecule has 32 heavy (non-hydrogen) atoms. The molecule has 2 aliphatic heterocycles. The van der Waals surface area contributed by atoms with Gasteiger partial charge in [0.05, 0.1) is 25.0 Å². The van der Waals surface area contributed by atoms with Gasteiger partial charge in [-0.3, -0.25) is 4.79 Å². The third-order valence-electron chi connectivity index (χ3n) is 6.13. The van der Waals surface area contributed by atoms with Gasteiger partial charge >= 0.3 is 0 Å². The Hall–Kier alpha value is -2.32. The second-order valence-electron chi connectivity index (χ2n) is 8.39. The topological polar surface area (TPSA) is 80.3 Å². The Balaban J connectivity index is 1.32. The number of likely N-dealkylation sites (tertiary alicyclic amines) is 1. The Morgan fingerprint density at radius 3 is 2.78 bits per heavy atom. The van der Waals surface area contributed by atoms with Crippen molar-refractivity contribution in [3.8, 4) is 11.5 Å². The van der Waals surface area contributed by atoms with Gasteiger partial charge in [-0.05, 0) is 48.2 Å². The van der Waals surface area contributed by atoms with Crippen LogP contribution in [0.1, 0.15) is 30.9 Å². The first-order valence-corrected chi connectivity index (χ1v) is 11.2. The van der Waals surface area contributed by atoms with Gasteiger partial charge < -0.3 is 29.5 Å². The third kappa shape index (κ3) is 5.02. The number of nitrogens with zero attached hydrogens (tertiary/aromatic N) is 1. The number of methoxy groups -OCH3 is 1. The zero-order chi connectivity index (χ0) is 22.7. The first-order chi connectivity index (χ1) is 15.4. The number of anilines is 1. The number of halogens is 1. The molecule has 0 bridgehead atoms. The van der Waals surface area contributed by atoms with Crippen molar-refractivity contribution in [3.63, 3.8) is 0 Å². The number of β-amino-alcohol motifs (C(OH)–C–C–N with tert-alkyl or cyclic N) is 1. The van der Waals surface area contributed by atoms with Gasteiger partial charge in [0.2, 0.25) is 5.91 Å². The summed E-state index contributed by atoms with van der Waals surface area (Å²) in [6.45, 7) is 4.30. The molecule has 7 nitrogen and oxygen atoms in total. The molecule has 0 radical (unpaired) electrons. The molecule has 1 amide bonds. The summed E-state index contributed by atoms with van der Waals surface area (Å²) in [6.07, 6.45) is 1.04. The number of rotatable bonds is 7. The number of benzene rings is 2. The summed E-state index contributed by atoms with van der Waals surface area (Å²) < 4.78 is 17.3. The molecule has 172 valence electrons. The van der Waals surface area contributed by atoms with Crippen LogP contribution in [0.25, 0.3) is 0 Å². The van der Waals surface area contributed by atoms with Gasteiger partial charge in [-0.15, -0.1) is 0 Å². The zero-order valence-corrected chi connectivity index (χ0v) is 19.2. The molecule has 1 fully saturated rings. The molecule has 2 aromatic carbocycles. The predicted octanol–water partition coefficient (Wildman–Crippen LogP) is 3.57. The molecule has 2 N–H and O–H groups in total. The lowest BCUT2D eigenvalue weighted by Crippen LogP contribution is -2.46. The van der Waals surface area contributed by atoms with E-state index in [1.54, 1.807) is 25.3 Å². The summed E-state index contributed by atoms with van der Waals surface area (Å²) >= 11 is 6.22. The van der Waals surface area contributed by atoms with Crippen molar-refractivity contribution in [2.75, 3.05) is 38.7 Å². The Labute approximate surface area is 193 Å². The summed E-state index contributed by atoms with van der Waals surface area (Å²) in [6, 6.07) is 11.2. The van der Waals surface area contributed by atoms with Crippen LogP contribution in [0.4, 0.5) is 5.69 Å². The standard InChI is InChI=1S/C24H29ClN2O5/c1-16(28)26-22-6-5-20(30-2)12-23(22)31-15-19(29)13-27-9-7-24(8-10-27)21-11-18(25)4-3-17(21)14-32-24/h3-6,11-12,19,29H,7-10,13-15H2,1-2H3,(H,26,28)/t19-/m0/s1. The fourth-order valence-electron chi connectivity index (χ4n) is 4.48. The Morgan fingerprint density at radius 1 is 1.28 bits per heavy atom. The van der Waals surface area contributed by atoms with Crippen LogP contribution in [0.5, 0.6) is 11.5 Å². The lowest BCUT2D eigenvalue weighted by molar-refractivity contribution is -0.114.